The number of carbonyl (C=O) groups excluding carboxylic acids is 1. The second-order valence-electron chi connectivity index (χ2n) is 5.38. The van der Waals surface area contributed by atoms with Gasteiger partial charge in [-0.3, -0.25) is 9.36 Å². The van der Waals surface area contributed by atoms with Crippen LogP contribution in [-0.2, 0) is 0 Å². The number of benzene rings is 1. The minimum Gasteiger partial charge on any atom is -0.496 e. The summed E-state index contributed by atoms with van der Waals surface area (Å²) in [5, 5.41) is 0.461. The van der Waals surface area contributed by atoms with Gasteiger partial charge in [-0.15, -0.1) is 0 Å². The van der Waals surface area contributed by atoms with Crippen molar-refractivity contribution in [2.24, 2.45) is 5.73 Å². The number of nitrogen functional groups attached to an aromatic ring is 1. The molecule has 0 fully saturated rings. The summed E-state index contributed by atoms with van der Waals surface area (Å²) in [6.07, 6.45) is 1.32. The number of hydrogen-bond acceptors (Lipinski definition) is 5. The van der Waals surface area contributed by atoms with Gasteiger partial charge in [0.25, 0.3) is 5.91 Å². The Hall–Kier alpha value is -2.80. The van der Waals surface area contributed by atoms with Crippen molar-refractivity contribution in [3.8, 4) is 11.4 Å². The first-order valence-corrected chi connectivity index (χ1v) is 7.51. The number of ether oxygens (including phenoxy) is 1. The Morgan fingerprint density at radius 2 is 2.00 bits per heavy atom. The molecule has 0 aliphatic carbocycles. The van der Waals surface area contributed by atoms with Gasteiger partial charge in [0.05, 0.1) is 23.7 Å². The highest BCUT2D eigenvalue weighted by Gasteiger charge is 2.25. The van der Waals surface area contributed by atoms with Gasteiger partial charge in [0.2, 0.25) is 0 Å². The van der Waals surface area contributed by atoms with Crippen LogP contribution in [0.1, 0.15) is 21.5 Å². The molecule has 0 radical (unpaired) electrons. The normalized spacial score (nSPS) is 11.0. The van der Waals surface area contributed by atoms with Crippen LogP contribution in [0.25, 0.3) is 16.7 Å². The molecule has 2 aromatic heterocycles. The highest BCUT2D eigenvalue weighted by Crippen LogP contribution is 2.37. The minimum absolute atomic E-state index is 0.109. The lowest BCUT2D eigenvalue weighted by Crippen LogP contribution is -2.14. The molecule has 4 N–H and O–H groups in total. The van der Waals surface area contributed by atoms with Gasteiger partial charge in [-0.2, -0.15) is 0 Å². The number of hydrogen-bond donors (Lipinski definition) is 2. The Kier molecular flexibility index (Phi) is 3.81. The largest absolute Gasteiger partial charge is 0.496 e. The molecule has 0 spiro atoms. The molecule has 0 atom stereocenters. The molecular formula is C16H16ClN5O2. The highest BCUT2D eigenvalue weighted by molar-refractivity contribution is 6.36. The predicted molar refractivity (Wildman–Crippen MR) is 92.8 cm³/mol. The van der Waals surface area contributed by atoms with Gasteiger partial charge in [-0.1, -0.05) is 17.7 Å². The molecule has 124 valence electrons. The quantitative estimate of drug-likeness (QED) is 0.708. The molecule has 0 bridgehead atoms. The van der Waals surface area contributed by atoms with E-state index in [-0.39, 0.29) is 16.5 Å². The van der Waals surface area contributed by atoms with E-state index >= 15 is 0 Å². The molecule has 0 aliphatic rings. The second kappa shape index (κ2) is 5.68. The monoisotopic (exact) mass is 345 g/mol. The average Bonchev–Trinajstić information content (AvgIpc) is 2.82. The molecule has 0 saturated carbocycles. The maximum absolute atomic E-state index is 11.9. The fourth-order valence-corrected chi connectivity index (χ4v) is 3.17. The molecule has 1 aromatic carbocycles. The van der Waals surface area contributed by atoms with Crippen LogP contribution < -0.4 is 16.2 Å². The number of rotatable bonds is 3. The van der Waals surface area contributed by atoms with Crippen molar-refractivity contribution < 1.29 is 9.53 Å². The number of nitrogens with two attached hydrogens (primary N) is 2. The smallest absolute Gasteiger partial charge is 0.253 e. The summed E-state index contributed by atoms with van der Waals surface area (Å²) in [4.78, 5) is 20.1. The number of amides is 1. The van der Waals surface area contributed by atoms with Crippen LogP contribution in [-0.4, -0.2) is 27.6 Å². The Labute approximate surface area is 143 Å². The van der Waals surface area contributed by atoms with Crippen LogP contribution in [0.2, 0.25) is 5.15 Å². The number of methoxy groups -OCH3 is 1. The van der Waals surface area contributed by atoms with Crippen molar-refractivity contribution in [1.82, 2.24) is 14.5 Å². The maximum Gasteiger partial charge on any atom is 0.253 e. The van der Waals surface area contributed by atoms with E-state index in [1.807, 2.05) is 26.0 Å². The van der Waals surface area contributed by atoms with Crippen molar-refractivity contribution in [2.75, 3.05) is 12.8 Å². The fourth-order valence-electron chi connectivity index (χ4n) is 2.95. The standard InChI is InChI=1S/C16H16ClN5O2/c1-7-4-5-9(24-3)8(2)12(7)22-14(18)11(15(19)23)10-13(17)20-6-21-16(10)22/h4-6H,18H2,1-3H3,(H2,19,23). The fraction of sp³-hybridized carbons (Fsp3) is 0.188. The second-order valence-corrected chi connectivity index (χ2v) is 5.74. The number of primary amides is 1. The summed E-state index contributed by atoms with van der Waals surface area (Å²) in [6, 6.07) is 3.77. The SMILES string of the molecule is COc1ccc(C)c(-n2c(N)c(C(N)=O)c3c(Cl)ncnc32)c1C. The molecule has 24 heavy (non-hydrogen) atoms. The average molecular weight is 346 g/mol. The molecule has 3 aromatic rings. The summed E-state index contributed by atoms with van der Waals surface area (Å²) in [6.45, 7) is 3.83. The van der Waals surface area contributed by atoms with Crippen molar-refractivity contribution in [1.29, 1.82) is 0 Å². The van der Waals surface area contributed by atoms with Gasteiger partial charge >= 0.3 is 0 Å². The first kappa shape index (κ1) is 16.1. The first-order valence-electron chi connectivity index (χ1n) is 7.13. The molecule has 3 rings (SSSR count). The number of nitrogens with zero attached hydrogens (tertiary/aromatic N) is 3. The first-order chi connectivity index (χ1) is 11.4. The molecule has 1 amide bonds. The Bertz CT molecular complexity index is 980. The van der Waals surface area contributed by atoms with Crippen LogP contribution in [0.5, 0.6) is 5.75 Å². The molecule has 0 aliphatic heterocycles. The van der Waals surface area contributed by atoms with Gasteiger partial charge < -0.3 is 16.2 Å². The molecule has 7 nitrogen and oxygen atoms in total. The number of carbonyl (C=O) groups is 1. The van der Waals surface area contributed by atoms with E-state index in [1.54, 1.807) is 11.7 Å². The van der Waals surface area contributed by atoms with Crippen LogP contribution in [0, 0.1) is 13.8 Å². The van der Waals surface area contributed by atoms with Crippen molar-refractivity contribution >= 4 is 34.4 Å². The van der Waals surface area contributed by atoms with Crippen LogP contribution in [0.3, 0.4) is 0 Å². The van der Waals surface area contributed by atoms with Crippen molar-refractivity contribution in [2.45, 2.75) is 13.8 Å². The van der Waals surface area contributed by atoms with Crippen LogP contribution >= 0.6 is 11.6 Å². The van der Waals surface area contributed by atoms with E-state index in [1.165, 1.54) is 6.33 Å². The summed E-state index contributed by atoms with van der Waals surface area (Å²) < 4.78 is 7.05. The van der Waals surface area contributed by atoms with E-state index in [0.29, 0.717) is 16.8 Å². The van der Waals surface area contributed by atoms with E-state index in [4.69, 9.17) is 27.8 Å². The van der Waals surface area contributed by atoms with Crippen LogP contribution in [0.4, 0.5) is 5.82 Å². The lowest BCUT2D eigenvalue weighted by atomic mass is 10.1. The molecule has 8 heteroatoms. The lowest BCUT2D eigenvalue weighted by Gasteiger charge is -2.16. The maximum atomic E-state index is 11.9. The predicted octanol–water partition coefficient (Wildman–Crippen LogP) is 2.38. The molecular weight excluding hydrogens is 330 g/mol. The number of fused-ring (bicyclic) bond motifs is 1. The van der Waals surface area contributed by atoms with E-state index in [0.717, 1.165) is 16.8 Å². The van der Waals surface area contributed by atoms with E-state index in [9.17, 15) is 4.79 Å². The van der Waals surface area contributed by atoms with E-state index < -0.39 is 5.91 Å². The molecule has 2 heterocycles. The molecule has 0 saturated heterocycles. The van der Waals surface area contributed by atoms with E-state index in [2.05, 4.69) is 9.97 Å². The Morgan fingerprint density at radius 1 is 1.29 bits per heavy atom. The van der Waals surface area contributed by atoms with Crippen molar-refractivity contribution in [3.63, 3.8) is 0 Å². The van der Waals surface area contributed by atoms with Gasteiger partial charge in [0.1, 0.15) is 23.0 Å². The summed E-state index contributed by atoms with van der Waals surface area (Å²) in [5.41, 5.74) is 14.8. The third-order valence-electron chi connectivity index (χ3n) is 4.01. The van der Waals surface area contributed by atoms with Gasteiger partial charge in [-0.25, -0.2) is 9.97 Å². The molecule has 0 unspecified atom stereocenters. The summed E-state index contributed by atoms with van der Waals surface area (Å²) in [7, 11) is 1.59. The summed E-state index contributed by atoms with van der Waals surface area (Å²) >= 11 is 6.16. The lowest BCUT2D eigenvalue weighted by molar-refractivity contribution is 0.100. The highest BCUT2D eigenvalue weighted by atomic mass is 35.5. The van der Waals surface area contributed by atoms with Gasteiger partial charge in [0, 0.05) is 5.56 Å². The number of anilines is 1. The number of halogens is 1. The van der Waals surface area contributed by atoms with Crippen LogP contribution in [0.15, 0.2) is 18.5 Å². The zero-order valence-electron chi connectivity index (χ0n) is 13.4. The summed E-state index contributed by atoms with van der Waals surface area (Å²) in [5.74, 6) is 0.170. The Balaban J connectivity index is 2.52. The number of aryl methyl sites for hydroxylation is 1. The minimum atomic E-state index is -0.689. The van der Waals surface area contributed by atoms with Gasteiger partial charge in [-0.05, 0) is 25.5 Å². The zero-order chi connectivity index (χ0) is 17.6. The number of aromatic nitrogens is 3. The zero-order valence-corrected chi connectivity index (χ0v) is 14.2. The Morgan fingerprint density at radius 3 is 2.62 bits per heavy atom. The van der Waals surface area contributed by atoms with Gasteiger partial charge in [0.15, 0.2) is 5.65 Å². The third kappa shape index (κ3) is 2.16. The topological polar surface area (TPSA) is 109 Å². The van der Waals surface area contributed by atoms with Crippen molar-refractivity contribution in [3.05, 3.63) is 40.3 Å². The third-order valence-corrected chi connectivity index (χ3v) is 4.30.